The van der Waals surface area contributed by atoms with E-state index in [9.17, 15) is 9.59 Å². The molecule has 0 saturated carbocycles. The van der Waals surface area contributed by atoms with Gasteiger partial charge in [-0.2, -0.15) is 5.26 Å². The molecule has 138 valence electrons. The molecule has 0 aliphatic carbocycles. The van der Waals surface area contributed by atoms with Crippen LogP contribution in [0.25, 0.3) is 0 Å². The molecule has 0 spiro atoms. The van der Waals surface area contributed by atoms with Gasteiger partial charge >= 0.3 is 0 Å². The third-order valence-corrected chi connectivity index (χ3v) is 6.09. The van der Waals surface area contributed by atoms with Crippen LogP contribution in [-0.2, 0) is 4.79 Å². The number of benzene rings is 2. The number of thiophene rings is 1. The number of nitrogens with zero attached hydrogens (tertiary/aromatic N) is 1. The van der Waals surface area contributed by atoms with Crippen LogP contribution in [0.5, 0.6) is 0 Å². The van der Waals surface area contributed by atoms with E-state index in [2.05, 4.69) is 16.7 Å². The molecule has 28 heavy (non-hydrogen) atoms. The van der Waals surface area contributed by atoms with Crippen molar-refractivity contribution in [2.45, 2.75) is 19.3 Å². The molecule has 1 atom stereocenters. The zero-order valence-corrected chi connectivity index (χ0v) is 16.0. The summed E-state index contributed by atoms with van der Waals surface area (Å²) in [6.45, 7) is 1.92. The highest BCUT2D eigenvalue weighted by Gasteiger charge is 2.32. The van der Waals surface area contributed by atoms with Crippen molar-refractivity contribution < 1.29 is 9.59 Å². The Balaban J connectivity index is 1.71. The third kappa shape index (κ3) is 3.28. The Morgan fingerprint density at radius 1 is 1.18 bits per heavy atom. The van der Waals surface area contributed by atoms with Gasteiger partial charge in [0, 0.05) is 18.0 Å². The minimum atomic E-state index is -0.184. The minimum Gasteiger partial charge on any atom is -0.321 e. The largest absolute Gasteiger partial charge is 0.321 e. The van der Waals surface area contributed by atoms with E-state index in [0.717, 1.165) is 27.4 Å². The van der Waals surface area contributed by atoms with Gasteiger partial charge in [-0.15, -0.1) is 11.3 Å². The van der Waals surface area contributed by atoms with Crippen LogP contribution in [0.1, 0.15) is 44.3 Å². The van der Waals surface area contributed by atoms with E-state index in [4.69, 9.17) is 5.26 Å². The summed E-state index contributed by atoms with van der Waals surface area (Å²) < 4.78 is 0. The molecule has 3 aromatic rings. The number of carbonyl (C=O) groups excluding carboxylic acids is 2. The second kappa shape index (κ2) is 7.29. The predicted octanol–water partition coefficient (Wildman–Crippen LogP) is 4.65. The summed E-state index contributed by atoms with van der Waals surface area (Å²) in [5.41, 5.74) is 4.13. The molecule has 1 aromatic heterocycles. The van der Waals surface area contributed by atoms with Crippen LogP contribution in [0.4, 0.5) is 10.7 Å². The predicted molar refractivity (Wildman–Crippen MR) is 110 cm³/mol. The van der Waals surface area contributed by atoms with Gasteiger partial charge in [-0.05, 0) is 47.9 Å². The maximum Gasteiger partial charge on any atom is 0.266 e. The lowest BCUT2D eigenvalue weighted by Crippen LogP contribution is -2.22. The average Bonchev–Trinajstić information content (AvgIpc) is 3.04. The highest BCUT2D eigenvalue weighted by molar-refractivity contribution is 7.18. The number of rotatable bonds is 3. The van der Waals surface area contributed by atoms with E-state index in [1.807, 2.05) is 49.4 Å². The van der Waals surface area contributed by atoms with Crippen LogP contribution >= 0.6 is 11.3 Å². The number of para-hydroxylation sites is 1. The van der Waals surface area contributed by atoms with Crippen LogP contribution < -0.4 is 10.6 Å². The smallest absolute Gasteiger partial charge is 0.266 e. The Kier molecular flexibility index (Phi) is 4.68. The van der Waals surface area contributed by atoms with Crippen LogP contribution in [0.15, 0.2) is 54.6 Å². The van der Waals surface area contributed by atoms with Gasteiger partial charge in [-0.3, -0.25) is 9.59 Å². The normalized spacial score (nSPS) is 15.3. The van der Waals surface area contributed by atoms with Crippen molar-refractivity contribution in [3.63, 3.8) is 0 Å². The fourth-order valence-electron chi connectivity index (χ4n) is 3.50. The zero-order chi connectivity index (χ0) is 19.7. The van der Waals surface area contributed by atoms with E-state index in [1.54, 1.807) is 12.1 Å². The number of nitrogens with one attached hydrogen (secondary N) is 2. The summed E-state index contributed by atoms with van der Waals surface area (Å²) in [6.07, 6.45) is 0.316. The summed E-state index contributed by atoms with van der Waals surface area (Å²) >= 11 is 1.30. The molecule has 1 aliphatic rings. The van der Waals surface area contributed by atoms with Gasteiger partial charge < -0.3 is 10.6 Å². The fourth-order valence-corrected chi connectivity index (χ4v) is 4.69. The van der Waals surface area contributed by atoms with Gasteiger partial charge in [0.15, 0.2) is 0 Å². The standard InChI is InChI=1S/C22H17N3O2S/c1-13-19-17(15-9-7-14(12-23)8-10-15)11-18(26)25-22(19)28-20(13)21(27)24-16-5-3-2-4-6-16/h2-10,17H,11H2,1H3,(H,24,27)(H,25,26)/t17-/m0/s1. The number of hydrogen-bond donors (Lipinski definition) is 2. The van der Waals surface area contributed by atoms with Gasteiger partial charge in [0.1, 0.15) is 0 Å². The SMILES string of the molecule is Cc1c(C(=O)Nc2ccccc2)sc2c1[C@H](c1ccc(C#N)cc1)CC(=O)N2. The van der Waals surface area contributed by atoms with E-state index in [-0.39, 0.29) is 17.7 Å². The molecule has 5 nitrogen and oxygen atoms in total. The Bertz CT molecular complexity index is 1100. The first-order valence-electron chi connectivity index (χ1n) is 8.86. The zero-order valence-electron chi connectivity index (χ0n) is 15.2. The lowest BCUT2D eigenvalue weighted by molar-refractivity contribution is -0.116. The monoisotopic (exact) mass is 387 g/mol. The van der Waals surface area contributed by atoms with Crippen molar-refractivity contribution >= 4 is 33.8 Å². The Hall–Kier alpha value is -3.43. The summed E-state index contributed by atoms with van der Waals surface area (Å²) in [4.78, 5) is 25.7. The van der Waals surface area contributed by atoms with Crippen LogP contribution in [0, 0.1) is 18.3 Å². The third-order valence-electron chi connectivity index (χ3n) is 4.86. The second-order valence-corrected chi connectivity index (χ2v) is 7.68. The highest BCUT2D eigenvalue weighted by Crippen LogP contribution is 2.45. The fraction of sp³-hybridized carbons (Fsp3) is 0.136. The molecule has 6 heteroatoms. The molecule has 2 amide bonds. The quantitative estimate of drug-likeness (QED) is 0.686. The van der Waals surface area contributed by atoms with E-state index >= 15 is 0 Å². The molecule has 0 radical (unpaired) electrons. The van der Waals surface area contributed by atoms with Crippen molar-refractivity contribution in [2.75, 3.05) is 10.6 Å². The van der Waals surface area contributed by atoms with Crippen molar-refractivity contribution in [2.24, 2.45) is 0 Å². The first-order chi connectivity index (χ1) is 13.6. The van der Waals surface area contributed by atoms with Gasteiger partial charge in [-0.1, -0.05) is 30.3 Å². The molecule has 2 N–H and O–H groups in total. The molecule has 2 heterocycles. The summed E-state index contributed by atoms with van der Waals surface area (Å²) in [6, 6.07) is 18.7. The maximum absolute atomic E-state index is 12.8. The number of nitriles is 1. The Morgan fingerprint density at radius 3 is 2.57 bits per heavy atom. The van der Waals surface area contributed by atoms with Crippen LogP contribution in [-0.4, -0.2) is 11.8 Å². The summed E-state index contributed by atoms with van der Waals surface area (Å²) in [7, 11) is 0. The summed E-state index contributed by atoms with van der Waals surface area (Å²) in [5.74, 6) is -0.389. The van der Waals surface area contributed by atoms with Gasteiger partial charge in [-0.25, -0.2) is 0 Å². The van der Waals surface area contributed by atoms with E-state index in [0.29, 0.717) is 16.9 Å². The minimum absolute atomic E-state index is 0.0712. The van der Waals surface area contributed by atoms with Gasteiger partial charge in [0.05, 0.1) is 21.5 Å². The topological polar surface area (TPSA) is 82.0 Å². The molecule has 0 bridgehead atoms. The molecule has 2 aromatic carbocycles. The first-order valence-corrected chi connectivity index (χ1v) is 9.68. The number of hydrogen-bond acceptors (Lipinski definition) is 4. The molecule has 0 fully saturated rings. The van der Waals surface area contributed by atoms with Gasteiger partial charge in [0.2, 0.25) is 5.91 Å². The van der Waals surface area contributed by atoms with Crippen molar-refractivity contribution in [1.82, 2.24) is 0 Å². The van der Waals surface area contributed by atoms with Crippen molar-refractivity contribution in [3.8, 4) is 6.07 Å². The highest BCUT2D eigenvalue weighted by atomic mass is 32.1. The van der Waals surface area contributed by atoms with Crippen molar-refractivity contribution in [1.29, 1.82) is 5.26 Å². The van der Waals surface area contributed by atoms with E-state index < -0.39 is 0 Å². The van der Waals surface area contributed by atoms with Crippen LogP contribution in [0.2, 0.25) is 0 Å². The Labute approximate surface area is 166 Å². The lowest BCUT2D eigenvalue weighted by Gasteiger charge is -2.24. The van der Waals surface area contributed by atoms with Crippen LogP contribution in [0.3, 0.4) is 0 Å². The Morgan fingerprint density at radius 2 is 1.89 bits per heavy atom. The molecule has 4 rings (SSSR count). The number of anilines is 2. The molecular formula is C22H17N3O2S. The number of amides is 2. The van der Waals surface area contributed by atoms with Gasteiger partial charge in [0.25, 0.3) is 5.91 Å². The van der Waals surface area contributed by atoms with E-state index in [1.165, 1.54) is 11.3 Å². The average molecular weight is 387 g/mol. The molecule has 0 unspecified atom stereocenters. The number of carbonyl (C=O) groups is 2. The van der Waals surface area contributed by atoms with Crippen molar-refractivity contribution in [3.05, 3.63) is 81.7 Å². The first kappa shape index (κ1) is 18.0. The lowest BCUT2D eigenvalue weighted by atomic mass is 9.84. The molecule has 0 saturated heterocycles. The second-order valence-electron chi connectivity index (χ2n) is 6.66. The number of fused-ring (bicyclic) bond motifs is 1. The summed E-state index contributed by atoms with van der Waals surface area (Å²) in [5, 5.41) is 15.6. The maximum atomic E-state index is 12.8. The molecular weight excluding hydrogens is 370 g/mol. The molecule has 1 aliphatic heterocycles.